The summed E-state index contributed by atoms with van der Waals surface area (Å²) in [6, 6.07) is 10.5. The molecule has 0 spiro atoms. The van der Waals surface area contributed by atoms with Crippen LogP contribution >= 0.6 is 22.6 Å². The molecule has 2 aromatic rings. The Balaban J connectivity index is 2.23. The SMILES string of the molecule is Cc1ccc(NC(=O)c2ccc(O)cc2C)cc1I. The summed E-state index contributed by atoms with van der Waals surface area (Å²) in [5.41, 5.74) is 3.26. The molecule has 0 saturated heterocycles. The van der Waals surface area contributed by atoms with Gasteiger partial charge in [0.05, 0.1) is 0 Å². The first kappa shape index (κ1) is 13.9. The molecule has 0 aliphatic heterocycles. The number of phenols is 1. The quantitative estimate of drug-likeness (QED) is 0.792. The summed E-state index contributed by atoms with van der Waals surface area (Å²) in [7, 11) is 0. The maximum atomic E-state index is 12.1. The molecule has 0 aromatic heterocycles. The highest BCUT2D eigenvalue weighted by Gasteiger charge is 2.10. The number of rotatable bonds is 2. The lowest BCUT2D eigenvalue weighted by atomic mass is 10.1. The molecule has 0 bridgehead atoms. The number of aryl methyl sites for hydroxylation is 2. The predicted molar refractivity (Wildman–Crippen MR) is 84.7 cm³/mol. The summed E-state index contributed by atoms with van der Waals surface area (Å²) >= 11 is 2.24. The van der Waals surface area contributed by atoms with Gasteiger partial charge in [0.2, 0.25) is 0 Å². The first-order valence-electron chi connectivity index (χ1n) is 5.84. The van der Waals surface area contributed by atoms with Crippen molar-refractivity contribution in [1.82, 2.24) is 0 Å². The number of halogens is 1. The van der Waals surface area contributed by atoms with Crippen molar-refractivity contribution < 1.29 is 9.90 Å². The van der Waals surface area contributed by atoms with Crippen LogP contribution in [0.25, 0.3) is 0 Å². The van der Waals surface area contributed by atoms with E-state index in [1.54, 1.807) is 19.1 Å². The number of hydrogen-bond donors (Lipinski definition) is 2. The topological polar surface area (TPSA) is 49.3 Å². The van der Waals surface area contributed by atoms with Crippen LogP contribution in [0.5, 0.6) is 5.75 Å². The van der Waals surface area contributed by atoms with Gasteiger partial charge in [-0.1, -0.05) is 6.07 Å². The zero-order valence-corrected chi connectivity index (χ0v) is 12.9. The van der Waals surface area contributed by atoms with Crippen LogP contribution in [0.3, 0.4) is 0 Å². The molecule has 0 heterocycles. The summed E-state index contributed by atoms with van der Waals surface area (Å²) in [6.45, 7) is 3.82. The lowest BCUT2D eigenvalue weighted by Crippen LogP contribution is -2.13. The third-order valence-corrected chi connectivity index (χ3v) is 4.05. The van der Waals surface area contributed by atoms with Crippen LogP contribution < -0.4 is 5.32 Å². The Hall–Kier alpha value is -1.56. The molecule has 2 N–H and O–H groups in total. The number of phenolic OH excluding ortho intramolecular Hbond substituents is 1. The van der Waals surface area contributed by atoms with Gasteiger partial charge < -0.3 is 10.4 Å². The highest BCUT2D eigenvalue weighted by atomic mass is 127. The largest absolute Gasteiger partial charge is 0.508 e. The van der Waals surface area contributed by atoms with Gasteiger partial charge in [0.1, 0.15) is 5.75 Å². The molecule has 0 fully saturated rings. The molecular formula is C15H14INO2. The molecule has 0 saturated carbocycles. The van der Waals surface area contributed by atoms with Crippen molar-refractivity contribution in [2.24, 2.45) is 0 Å². The Morgan fingerprint density at radius 1 is 1.11 bits per heavy atom. The highest BCUT2D eigenvalue weighted by molar-refractivity contribution is 14.1. The normalized spacial score (nSPS) is 10.3. The number of carbonyl (C=O) groups is 1. The second-order valence-corrected chi connectivity index (χ2v) is 5.58. The number of amides is 1. The van der Waals surface area contributed by atoms with Crippen LogP contribution in [0.1, 0.15) is 21.5 Å². The minimum Gasteiger partial charge on any atom is -0.508 e. The first-order chi connectivity index (χ1) is 8.97. The predicted octanol–water partition coefficient (Wildman–Crippen LogP) is 3.87. The fourth-order valence-corrected chi connectivity index (χ4v) is 2.29. The molecule has 3 nitrogen and oxygen atoms in total. The Morgan fingerprint density at radius 2 is 1.84 bits per heavy atom. The van der Waals surface area contributed by atoms with Crippen molar-refractivity contribution in [3.8, 4) is 5.75 Å². The first-order valence-corrected chi connectivity index (χ1v) is 6.92. The summed E-state index contributed by atoms with van der Waals surface area (Å²) in [5, 5.41) is 12.2. The van der Waals surface area contributed by atoms with Gasteiger partial charge in [-0.15, -0.1) is 0 Å². The van der Waals surface area contributed by atoms with Gasteiger partial charge in [-0.25, -0.2) is 0 Å². The summed E-state index contributed by atoms with van der Waals surface area (Å²) in [6.07, 6.45) is 0. The van der Waals surface area contributed by atoms with E-state index in [4.69, 9.17) is 0 Å². The molecule has 19 heavy (non-hydrogen) atoms. The zero-order chi connectivity index (χ0) is 14.0. The van der Waals surface area contributed by atoms with Gasteiger partial charge in [-0.05, 0) is 77.9 Å². The Labute approximate surface area is 125 Å². The van der Waals surface area contributed by atoms with E-state index in [0.717, 1.165) is 14.8 Å². The van der Waals surface area contributed by atoms with E-state index >= 15 is 0 Å². The smallest absolute Gasteiger partial charge is 0.255 e. The van der Waals surface area contributed by atoms with Crippen LogP contribution in [-0.4, -0.2) is 11.0 Å². The van der Waals surface area contributed by atoms with E-state index in [2.05, 4.69) is 27.9 Å². The molecule has 2 rings (SSSR count). The highest BCUT2D eigenvalue weighted by Crippen LogP contribution is 2.20. The minimum absolute atomic E-state index is 0.166. The summed E-state index contributed by atoms with van der Waals surface area (Å²) in [5.74, 6) is -0.00362. The Morgan fingerprint density at radius 3 is 2.47 bits per heavy atom. The van der Waals surface area contributed by atoms with E-state index < -0.39 is 0 Å². The van der Waals surface area contributed by atoms with Crippen molar-refractivity contribution >= 4 is 34.2 Å². The lowest BCUT2D eigenvalue weighted by Gasteiger charge is -2.09. The molecule has 0 aliphatic carbocycles. The van der Waals surface area contributed by atoms with Crippen molar-refractivity contribution in [3.63, 3.8) is 0 Å². The molecule has 0 radical (unpaired) electrons. The fourth-order valence-electron chi connectivity index (χ4n) is 1.77. The van der Waals surface area contributed by atoms with Gasteiger partial charge in [0.15, 0.2) is 0 Å². The van der Waals surface area contributed by atoms with Gasteiger partial charge in [-0.3, -0.25) is 4.79 Å². The number of anilines is 1. The van der Waals surface area contributed by atoms with Crippen LogP contribution in [0.2, 0.25) is 0 Å². The molecule has 0 unspecified atom stereocenters. The number of nitrogens with one attached hydrogen (secondary N) is 1. The van der Waals surface area contributed by atoms with Crippen molar-refractivity contribution in [1.29, 1.82) is 0 Å². The van der Waals surface area contributed by atoms with Crippen molar-refractivity contribution in [2.45, 2.75) is 13.8 Å². The third-order valence-electron chi connectivity index (χ3n) is 2.88. The van der Waals surface area contributed by atoms with Gasteiger partial charge in [0, 0.05) is 14.8 Å². The number of carbonyl (C=O) groups excluding carboxylic acids is 1. The number of aromatic hydroxyl groups is 1. The van der Waals surface area contributed by atoms with Crippen LogP contribution in [-0.2, 0) is 0 Å². The van der Waals surface area contributed by atoms with Crippen LogP contribution in [0.4, 0.5) is 5.69 Å². The fraction of sp³-hybridized carbons (Fsp3) is 0.133. The summed E-state index contributed by atoms with van der Waals surface area (Å²) < 4.78 is 1.11. The minimum atomic E-state index is -0.169. The summed E-state index contributed by atoms with van der Waals surface area (Å²) in [4.78, 5) is 12.1. The number of benzene rings is 2. The van der Waals surface area contributed by atoms with Crippen LogP contribution in [0.15, 0.2) is 36.4 Å². The average Bonchev–Trinajstić information content (AvgIpc) is 2.33. The van der Waals surface area contributed by atoms with Gasteiger partial charge >= 0.3 is 0 Å². The maximum Gasteiger partial charge on any atom is 0.255 e. The second-order valence-electron chi connectivity index (χ2n) is 4.42. The maximum absolute atomic E-state index is 12.1. The standard InChI is InChI=1S/C15H14INO2/c1-9-3-4-11(8-14(9)16)17-15(19)13-6-5-12(18)7-10(13)2/h3-8,18H,1-2H3,(H,17,19). The molecule has 4 heteroatoms. The van der Waals surface area contributed by atoms with E-state index in [0.29, 0.717) is 5.56 Å². The van der Waals surface area contributed by atoms with E-state index in [1.165, 1.54) is 11.6 Å². The lowest BCUT2D eigenvalue weighted by molar-refractivity contribution is 0.102. The van der Waals surface area contributed by atoms with Crippen molar-refractivity contribution in [2.75, 3.05) is 5.32 Å². The van der Waals surface area contributed by atoms with E-state index in [-0.39, 0.29) is 11.7 Å². The molecular weight excluding hydrogens is 353 g/mol. The third kappa shape index (κ3) is 3.26. The molecule has 0 aliphatic rings. The zero-order valence-electron chi connectivity index (χ0n) is 10.7. The van der Waals surface area contributed by atoms with E-state index in [9.17, 15) is 9.90 Å². The van der Waals surface area contributed by atoms with E-state index in [1.807, 2.05) is 25.1 Å². The molecule has 1 amide bonds. The Kier molecular flexibility index (Phi) is 4.09. The van der Waals surface area contributed by atoms with Crippen molar-refractivity contribution in [3.05, 3.63) is 56.7 Å². The monoisotopic (exact) mass is 367 g/mol. The second kappa shape index (κ2) is 5.61. The van der Waals surface area contributed by atoms with Crippen LogP contribution in [0, 0.1) is 17.4 Å². The van der Waals surface area contributed by atoms with Gasteiger partial charge in [0.25, 0.3) is 5.91 Å². The Bertz CT molecular complexity index is 638. The number of hydrogen-bond acceptors (Lipinski definition) is 2. The molecule has 2 aromatic carbocycles. The molecule has 98 valence electrons. The van der Waals surface area contributed by atoms with Gasteiger partial charge in [-0.2, -0.15) is 0 Å². The average molecular weight is 367 g/mol. The molecule has 0 atom stereocenters.